The molecule has 1 saturated carbocycles. The Labute approximate surface area is 231 Å². The van der Waals surface area contributed by atoms with Crippen LogP contribution in [0.2, 0.25) is 0 Å². The molecule has 0 unspecified atom stereocenters. The van der Waals surface area contributed by atoms with Crippen LogP contribution in [0.5, 0.6) is 0 Å². The van der Waals surface area contributed by atoms with Crippen molar-refractivity contribution in [3.05, 3.63) is 101 Å². The Hall–Kier alpha value is -4.22. The van der Waals surface area contributed by atoms with Crippen molar-refractivity contribution in [2.45, 2.75) is 23.7 Å². The van der Waals surface area contributed by atoms with E-state index in [-0.39, 0.29) is 22.0 Å². The average Bonchev–Trinajstić information content (AvgIpc) is 3.41. The van der Waals surface area contributed by atoms with Gasteiger partial charge in [0.2, 0.25) is 5.78 Å². The molecule has 11 heteroatoms. The van der Waals surface area contributed by atoms with E-state index in [9.17, 15) is 13.2 Å². The highest BCUT2D eigenvalue weighted by atomic mass is 79.9. The molecule has 3 N–H and O–H groups in total. The van der Waals surface area contributed by atoms with Crippen molar-refractivity contribution in [3.63, 3.8) is 0 Å². The summed E-state index contributed by atoms with van der Waals surface area (Å²) >= 11 is 3.42. The molecule has 3 heterocycles. The van der Waals surface area contributed by atoms with E-state index < -0.39 is 15.8 Å². The first-order valence-electron chi connectivity index (χ1n) is 12.3. The topological polar surface area (TPSA) is 129 Å². The summed E-state index contributed by atoms with van der Waals surface area (Å²) in [5.74, 6) is 1.01. The first-order chi connectivity index (χ1) is 18.8. The Morgan fingerprint density at radius 3 is 2.59 bits per heavy atom. The molecule has 0 aliphatic heterocycles. The van der Waals surface area contributed by atoms with E-state index in [0.717, 1.165) is 33.7 Å². The zero-order valence-electron chi connectivity index (χ0n) is 20.4. The highest BCUT2D eigenvalue weighted by Gasteiger charge is 2.30. The minimum atomic E-state index is -4.11. The molecule has 1 aliphatic rings. The number of carbonyl (C=O) groups excluding carboxylic acids is 1. The average molecular weight is 601 g/mol. The fraction of sp³-hybridized carbons (Fsp3) is 0.107. The molecule has 1 aliphatic carbocycles. The minimum Gasteiger partial charge on any atom is -0.383 e. The van der Waals surface area contributed by atoms with Gasteiger partial charge < -0.3 is 10.7 Å². The number of hydrogen-bond acceptors (Lipinski definition) is 6. The molecule has 194 valence electrons. The van der Waals surface area contributed by atoms with Gasteiger partial charge in [-0.3, -0.25) is 4.79 Å². The predicted molar refractivity (Wildman–Crippen MR) is 152 cm³/mol. The van der Waals surface area contributed by atoms with E-state index in [4.69, 9.17) is 10.7 Å². The molecule has 3 aromatic carbocycles. The molecule has 0 spiro atoms. The van der Waals surface area contributed by atoms with Crippen molar-refractivity contribution in [3.8, 4) is 5.69 Å². The van der Waals surface area contributed by atoms with Crippen molar-refractivity contribution in [2.75, 3.05) is 5.73 Å². The van der Waals surface area contributed by atoms with Crippen molar-refractivity contribution >= 4 is 59.5 Å². The van der Waals surface area contributed by atoms with Gasteiger partial charge in [-0.1, -0.05) is 40.2 Å². The summed E-state index contributed by atoms with van der Waals surface area (Å²) in [6.07, 6.45) is 3.64. The Morgan fingerprint density at radius 2 is 1.82 bits per heavy atom. The van der Waals surface area contributed by atoms with E-state index in [0.29, 0.717) is 27.0 Å². The summed E-state index contributed by atoms with van der Waals surface area (Å²) in [5, 5.41) is 4.98. The SMILES string of the molecule is Nc1c(C(=O)c2cc3ccc(Br)cc3n2S(=O)(=O)c2ccccc2)cnn1-c1ccc2[nH]c(C3CC3)nc2c1. The monoisotopic (exact) mass is 600 g/mol. The van der Waals surface area contributed by atoms with Crippen LogP contribution in [0.4, 0.5) is 5.82 Å². The van der Waals surface area contributed by atoms with Crippen LogP contribution < -0.4 is 5.73 Å². The number of nitrogens with one attached hydrogen (secondary N) is 1. The minimum absolute atomic E-state index is 0.0324. The smallest absolute Gasteiger partial charge is 0.268 e. The van der Waals surface area contributed by atoms with Crippen molar-refractivity contribution in [1.82, 2.24) is 23.7 Å². The third-order valence-corrected chi connectivity index (χ3v) is 9.22. The normalized spacial score (nSPS) is 13.9. The van der Waals surface area contributed by atoms with E-state index in [1.54, 1.807) is 42.5 Å². The number of hydrogen-bond donors (Lipinski definition) is 2. The Balaban J connectivity index is 1.34. The van der Waals surface area contributed by atoms with Gasteiger partial charge in [0.25, 0.3) is 10.0 Å². The highest BCUT2D eigenvalue weighted by molar-refractivity contribution is 9.10. The quantitative estimate of drug-likeness (QED) is 0.246. The number of H-pyrrole nitrogens is 1. The Kier molecular flexibility index (Phi) is 5.29. The summed E-state index contributed by atoms with van der Waals surface area (Å²) in [6, 6.07) is 20.4. The molecule has 0 bridgehead atoms. The van der Waals surface area contributed by atoms with Gasteiger partial charge in [0.05, 0.1) is 38.9 Å². The second-order valence-electron chi connectivity index (χ2n) is 9.60. The van der Waals surface area contributed by atoms with Crippen LogP contribution >= 0.6 is 15.9 Å². The number of halogens is 1. The Morgan fingerprint density at radius 1 is 1.03 bits per heavy atom. The standard InChI is InChI=1S/C28H21BrN6O3S/c29-18-9-8-17-12-25(35(24(17)13-18)39(37,38)20-4-2-1-3-5-20)26(36)21-15-31-34(27(21)30)19-10-11-22-23(14-19)33-28(32-22)16-6-7-16/h1-5,8-16H,6-7,30H2,(H,32,33). The van der Waals surface area contributed by atoms with Gasteiger partial charge in [-0.15, -0.1) is 0 Å². The molecule has 9 nitrogen and oxygen atoms in total. The van der Waals surface area contributed by atoms with Gasteiger partial charge in [0.15, 0.2) is 0 Å². The highest BCUT2D eigenvalue weighted by Crippen LogP contribution is 2.39. The predicted octanol–water partition coefficient (Wildman–Crippen LogP) is 5.39. The lowest BCUT2D eigenvalue weighted by Crippen LogP contribution is -2.19. The summed E-state index contributed by atoms with van der Waals surface area (Å²) in [5.41, 5.74) is 9.25. The molecule has 7 rings (SSSR count). The number of aromatic nitrogens is 5. The number of nitrogens with zero attached hydrogens (tertiary/aromatic N) is 4. The van der Waals surface area contributed by atoms with E-state index in [1.165, 1.54) is 23.0 Å². The molecule has 0 amide bonds. The number of rotatable bonds is 6. The molecular weight excluding hydrogens is 580 g/mol. The number of imidazole rings is 1. The second kappa shape index (κ2) is 8.65. The van der Waals surface area contributed by atoms with Crippen molar-refractivity contribution in [2.24, 2.45) is 0 Å². The van der Waals surface area contributed by atoms with Crippen LogP contribution in [0.15, 0.2) is 88.4 Å². The van der Waals surface area contributed by atoms with Crippen molar-refractivity contribution < 1.29 is 13.2 Å². The lowest BCUT2D eigenvalue weighted by atomic mass is 10.1. The van der Waals surface area contributed by atoms with Crippen molar-refractivity contribution in [1.29, 1.82) is 0 Å². The Bertz CT molecular complexity index is 2040. The molecule has 1 fully saturated rings. The first kappa shape index (κ1) is 23.9. The maximum atomic E-state index is 13.9. The van der Waals surface area contributed by atoms with Gasteiger partial charge >= 0.3 is 0 Å². The fourth-order valence-electron chi connectivity index (χ4n) is 4.84. The van der Waals surface area contributed by atoms with Crippen LogP contribution in [-0.4, -0.2) is 37.9 Å². The zero-order valence-corrected chi connectivity index (χ0v) is 22.8. The number of aromatic amines is 1. The second-order valence-corrected chi connectivity index (χ2v) is 12.3. The number of carbonyl (C=O) groups is 1. The number of nitrogens with two attached hydrogens (primary N) is 1. The number of ketones is 1. The lowest BCUT2D eigenvalue weighted by molar-refractivity contribution is 0.103. The van der Waals surface area contributed by atoms with Crippen LogP contribution in [0.1, 0.15) is 40.6 Å². The molecule has 0 saturated heterocycles. The largest absolute Gasteiger partial charge is 0.383 e. The zero-order chi connectivity index (χ0) is 26.9. The van der Waals surface area contributed by atoms with Crippen LogP contribution in [0.25, 0.3) is 27.6 Å². The number of benzene rings is 3. The first-order valence-corrected chi connectivity index (χ1v) is 14.5. The van der Waals surface area contributed by atoms with Crippen LogP contribution in [-0.2, 0) is 10.0 Å². The fourth-order valence-corrected chi connectivity index (χ4v) is 6.71. The molecule has 39 heavy (non-hydrogen) atoms. The molecular formula is C28H21BrN6O3S. The van der Waals surface area contributed by atoms with Crippen LogP contribution in [0, 0.1) is 0 Å². The molecule has 0 atom stereocenters. The van der Waals surface area contributed by atoms with Gasteiger partial charge in [0, 0.05) is 15.8 Å². The van der Waals surface area contributed by atoms with Gasteiger partial charge in [-0.2, -0.15) is 5.10 Å². The third-order valence-electron chi connectivity index (χ3n) is 6.98. The van der Waals surface area contributed by atoms with E-state index in [1.807, 2.05) is 18.2 Å². The van der Waals surface area contributed by atoms with Gasteiger partial charge in [-0.05, 0) is 61.4 Å². The summed E-state index contributed by atoms with van der Waals surface area (Å²) in [6.45, 7) is 0. The van der Waals surface area contributed by atoms with Gasteiger partial charge in [0.1, 0.15) is 17.3 Å². The number of nitrogen functional groups attached to an aromatic ring is 1. The van der Waals surface area contributed by atoms with E-state index in [2.05, 4.69) is 26.0 Å². The maximum absolute atomic E-state index is 13.9. The molecule has 3 aromatic heterocycles. The maximum Gasteiger partial charge on any atom is 0.268 e. The lowest BCUT2D eigenvalue weighted by Gasteiger charge is -2.12. The van der Waals surface area contributed by atoms with Crippen LogP contribution in [0.3, 0.4) is 0 Å². The van der Waals surface area contributed by atoms with Gasteiger partial charge in [-0.25, -0.2) is 22.1 Å². The molecule has 0 radical (unpaired) electrons. The summed E-state index contributed by atoms with van der Waals surface area (Å²) < 4.78 is 30.8. The summed E-state index contributed by atoms with van der Waals surface area (Å²) in [4.78, 5) is 22.0. The summed E-state index contributed by atoms with van der Waals surface area (Å²) in [7, 11) is -4.11. The molecule has 6 aromatic rings. The number of fused-ring (bicyclic) bond motifs is 2. The van der Waals surface area contributed by atoms with E-state index >= 15 is 0 Å². The third kappa shape index (κ3) is 3.88. The number of anilines is 1.